The van der Waals surface area contributed by atoms with Crippen LogP contribution >= 0.6 is 0 Å². The summed E-state index contributed by atoms with van der Waals surface area (Å²) in [6.07, 6.45) is 4.58. The molecule has 21 heavy (non-hydrogen) atoms. The maximum atomic E-state index is 14.1. The molecule has 0 saturated carbocycles. The van der Waals surface area contributed by atoms with Gasteiger partial charge in [0.1, 0.15) is 17.3 Å². The Morgan fingerprint density at radius 1 is 1.05 bits per heavy atom. The van der Waals surface area contributed by atoms with Crippen molar-refractivity contribution in [2.24, 2.45) is 5.73 Å². The van der Waals surface area contributed by atoms with Crippen molar-refractivity contribution in [3.05, 3.63) is 59.4 Å². The number of nitrogens with two attached hydrogens (primary N) is 1. The Morgan fingerprint density at radius 3 is 2.24 bits per heavy atom. The van der Waals surface area contributed by atoms with Crippen molar-refractivity contribution in [2.45, 2.75) is 12.8 Å². The number of aromatic nitrogens is 1. The zero-order valence-electron chi connectivity index (χ0n) is 12.0. The predicted octanol–water partition coefficient (Wildman–Crippen LogP) is 2.54. The van der Waals surface area contributed by atoms with Crippen LogP contribution in [0.5, 0.6) is 0 Å². The minimum atomic E-state index is -0.546. The van der Waals surface area contributed by atoms with E-state index >= 15 is 0 Å². The largest absolute Gasteiger partial charge is 0.370 e. The van der Waals surface area contributed by atoms with Gasteiger partial charge in [0.25, 0.3) is 0 Å². The van der Waals surface area contributed by atoms with Crippen LogP contribution in [-0.2, 0) is 12.8 Å². The fraction of sp³-hybridized carbons (Fsp3) is 0.312. The molecule has 1 aromatic heterocycles. The number of hydrogen-bond acceptors (Lipinski definition) is 3. The Kier molecular flexibility index (Phi) is 5.22. The first kappa shape index (κ1) is 15.4. The van der Waals surface area contributed by atoms with Crippen LogP contribution in [0.15, 0.2) is 36.7 Å². The molecule has 0 aliphatic heterocycles. The third-order valence-corrected chi connectivity index (χ3v) is 3.38. The Hall–Kier alpha value is -2.01. The standard InChI is InChI=1S/C16H19F2N3/c1-21(9-5-12-3-7-20-8-4-12)16-14(17)10-13(2-6-19)11-15(16)18/h3-4,7-8,10-11H,2,5-6,9,19H2,1H3. The number of likely N-dealkylation sites (N-methyl/N-ethyl adjacent to an activating group) is 1. The molecule has 2 N–H and O–H groups in total. The molecule has 0 aliphatic carbocycles. The van der Waals surface area contributed by atoms with Crippen molar-refractivity contribution in [3.8, 4) is 0 Å². The van der Waals surface area contributed by atoms with E-state index < -0.39 is 11.6 Å². The summed E-state index contributed by atoms with van der Waals surface area (Å²) in [4.78, 5) is 5.54. The molecule has 0 aliphatic rings. The number of benzene rings is 1. The quantitative estimate of drug-likeness (QED) is 0.889. The van der Waals surface area contributed by atoms with Crippen LogP contribution in [0.2, 0.25) is 0 Å². The first-order valence-electron chi connectivity index (χ1n) is 6.90. The third-order valence-electron chi connectivity index (χ3n) is 3.38. The highest BCUT2D eigenvalue weighted by atomic mass is 19.1. The van der Waals surface area contributed by atoms with Gasteiger partial charge < -0.3 is 10.6 Å². The fourth-order valence-electron chi connectivity index (χ4n) is 2.25. The molecule has 1 heterocycles. The van der Waals surface area contributed by atoms with Gasteiger partial charge in [0.05, 0.1) is 0 Å². The summed E-state index contributed by atoms with van der Waals surface area (Å²) < 4.78 is 28.2. The molecule has 5 heteroatoms. The first-order chi connectivity index (χ1) is 10.1. The van der Waals surface area contributed by atoms with Gasteiger partial charge in [-0.3, -0.25) is 4.98 Å². The van der Waals surface area contributed by atoms with E-state index in [1.807, 2.05) is 12.1 Å². The lowest BCUT2D eigenvalue weighted by Gasteiger charge is -2.21. The third kappa shape index (κ3) is 3.98. The van der Waals surface area contributed by atoms with Crippen molar-refractivity contribution >= 4 is 5.69 Å². The Balaban J connectivity index is 2.10. The van der Waals surface area contributed by atoms with Gasteiger partial charge in [0, 0.05) is 26.0 Å². The lowest BCUT2D eigenvalue weighted by molar-refractivity contribution is 0.573. The molecule has 0 unspecified atom stereocenters. The van der Waals surface area contributed by atoms with Gasteiger partial charge in [-0.15, -0.1) is 0 Å². The Bertz CT molecular complexity index is 564. The van der Waals surface area contributed by atoms with E-state index in [2.05, 4.69) is 4.98 Å². The number of hydrogen-bond donors (Lipinski definition) is 1. The van der Waals surface area contributed by atoms with Crippen molar-refractivity contribution in [1.29, 1.82) is 0 Å². The maximum absolute atomic E-state index is 14.1. The minimum absolute atomic E-state index is 0.00447. The topological polar surface area (TPSA) is 42.2 Å². The van der Waals surface area contributed by atoms with E-state index in [0.717, 1.165) is 5.56 Å². The monoisotopic (exact) mass is 291 g/mol. The highest BCUT2D eigenvalue weighted by Gasteiger charge is 2.15. The molecular formula is C16H19F2N3. The molecule has 0 fully saturated rings. The molecule has 112 valence electrons. The summed E-state index contributed by atoms with van der Waals surface area (Å²) in [7, 11) is 1.69. The van der Waals surface area contributed by atoms with Crippen LogP contribution in [-0.4, -0.2) is 25.1 Å². The van der Waals surface area contributed by atoms with E-state index in [4.69, 9.17) is 5.73 Å². The molecule has 0 amide bonds. The van der Waals surface area contributed by atoms with Gasteiger partial charge in [-0.05, 0) is 54.8 Å². The fourth-order valence-corrected chi connectivity index (χ4v) is 2.25. The Morgan fingerprint density at radius 2 is 1.67 bits per heavy atom. The molecule has 0 atom stereocenters. The van der Waals surface area contributed by atoms with Gasteiger partial charge in [0.2, 0.25) is 0 Å². The highest BCUT2D eigenvalue weighted by Crippen LogP contribution is 2.24. The summed E-state index contributed by atoms with van der Waals surface area (Å²) in [5, 5.41) is 0. The molecule has 3 nitrogen and oxygen atoms in total. The van der Waals surface area contributed by atoms with Gasteiger partial charge in [0.15, 0.2) is 0 Å². The summed E-state index contributed by atoms with van der Waals surface area (Å²) in [6.45, 7) is 0.893. The average Bonchev–Trinajstić information content (AvgIpc) is 2.46. The molecule has 0 spiro atoms. The van der Waals surface area contributed by atoms with Crippen molar-refractivity contribution in [1.82, 2.24) is 4.98 Å². The summed E-state index contributed by atoms with van der Waals surface area (Å²) in [5.74, 6) is -1.09. The predicted molar refractivity (Wildman–Crippen MR) is 80.3 cm³/mol. The normalized spacial score (nSPS) is 10.7. The average molecular weight is 291 g/mol. The first-order valence-corrected chi connectivity index (χ1v) is 6.90. The van der Waals surface area contributed by atoms with E-state index in [-0.39, 0.29) is 5.69 Å². The molecule has 0 radical (unpaired) electrons. The molecular weight excluding hydrogens is 272 g/mol. The second-order valence-corrected chi connectivity index (χ2v) is 4.97. The number of halogens is 2. The van der Waals surface area contributed by atoms with E-state index in [1.165, 1.54) is 12.1 Å². The lowest BCUT2D eigenvalue weighted by Crippen LogP contribution is -2.23. The molecule has 0 saturated heterocycles. The van der Waals surface area contributed by atoms with Gasteiger partial charge >= 0.3 is 0 Å². The molecule has 2 rings (SSSR count). The Labute approximate surface area is 123 Å². The van der Waals surface area contributed by atoms with Crippen LogP contribution < -0.4 is 10.6 Å². The van der Waals surface area contributed by atoms with Gasteiger partial charge in [-0.1, -0.05) is 0 Å². The lowest BCUT2D eigenvalue weighted by atomic mass is 10.1. The number of nitrogens with zero attached hydrogens (tertiary/aromatic N) is 2. The number of anilines is 1. The number of pyridine rings is 1. The SMILES string of the molecule is CN(CCc1ccncc1)c1c(F)cc(CCN)cc1F. The van der Waals surface area contributed by atoms with Crippen LogP contribution in [0, 0.1) is 11.6 Å². The van der Waals surface area contributed by atoms with Gasteiger partial charge in [-0.25, -0.2) is 8.78 Å². The van der Waals surface area contributed by atoms with Gasteiger partial charge in [-0.2, -0.15) is 0 Å². The van der Waals surface area contributed by atoms with Crippen molar-refractivity contribution in [2.75, 3.05) is 25.0 Å². The second-order valence-electron chi connectivity index (χ2n) is 4.97. The molecule has 2 aromatic rings. The second kappa shape index (κ2) is 7.13. The van der Waals surface area contributed by atoms with Crippen LogP contribution in [0.1, 0.15) is 11.1 Å². The zero-order valence-corrected chi connectivity index (χ0v) is 12.0. The summed E-state index contributed by atoms with van der Waals surface area (Å²) in [6, 6.07) is 6.50. The molecule has 0 bridgehead atoms. The zero-order chi connectivity index (χ0) is 15.2. The minimum Gasteiger partial charge on any atom is -0.370 e. The maximum Gasteiger partial charge on any atom is 0.149 e. The molecule has 1 aromatic carbocycles. The van der Waals surface area contributed by atoms with E-state index in [0.29, 0.717) is 31.5 Å². The van der Waals surface area contributed by atoms with Crippen LogP contribution in [0.3, 0.4) is 0 Å². The number of rotatable bonds is 6. The van der Waals surface area contributed by atoms with Crippen LogP contribution in [0.4, 0.5) is 14.5 Å². The smallest absolute Gasteiger partial charge is 0.149 e. The van der Waals surface area contributed by atoms with E-state index in [1.54, 1.807) is 24.3 Å². The van der Waals surface area contributed by atoms with Crippen LogP contribution in [0.25, 0.3) is 0 Å². The highest BCUT2D eigenvalue weighted by molar-refractivity contribution is 5.50. The summed E-state index contributed by atoms with van der Waals surface area (Å²) in [5.41, 5.74) is 7.08. The summed E-state index contributed by atoms with van der Waals surface area (Å²) >= 11 is 0. The van der Waals surface area contributed by atoms with Crippen molar-refractivity contribution < 1.29 is 8.78 Å². The van der Waals surface area contributed by atoms with E-state index in [9.17, 15) is 8.78 Å². The van der Waals surface area contributed by atoms with Crippen molar-refractivity contribution in [3.63, 3.8) is 0 Å².